The number of morpholine rings is 1. The summed E-state index contributed by atoms with van der Waals surface area (Å²) in [7, 11) is 1.97. The summed E-state index contributed by atoms with van der Waals surface area (Å²) in [6, 6.07) is 10.6. The minimum Gasteiger partial charge on any atom is -0.379 e. The lowest BCUT2D eigenvalue weighted by Gasteiger charge is -2.28. The summed E-state index contributed by atoms with van der Waals surface area (Å²) in [4.78, 5) is 7.24. The van der Waals surface area contributed by atoms with E-state index in [0.29, 0.717) is 6.54 Å². The summed E-state index contributed by atoms with van der Waals surface area (Å²) in [6.45, 7) is 13.4. The number of nitrogens with one attached hydrogen (secondary N) is 2. The van der Waals surface area contributed by atoms with Crippen LogP contribution in [0.2, 0.25) is 0 Å². The average Bonchev–Trinajstić information content (AvgIpc) is 3.11. The standard InChI is InChI=1S/C23H37N7O/c1-19-27-28-21(29(19)4)17-25-22(24-11-8-12-30-13-15-31-16-14-30)26-18-23(2,3)20-9-6-5-7-10-20/h5-7,9-10H,8,11-18H2,1-4H3,(H2,24,25,26). The van der Waals surface area contributed by atoms with Crippen molar-refractivity contribution in [1.82, 2.24) is 30.3 Å². The van der Waals surface area contributed by atoms with E-state index >= 15 is 0 Å². The molecule has 2 heterocycles. The van der Waals surface area contributed by atoms with E-state index in [9.17, 15) is 0 Å². The highest BCUT2D eigenvalue weighted by molar-refractivity contribution is 5.79. The van der Waals surface area contributed by atoms with Gasteiger partial charge in [0.15, 0.2) is 11.8 Å². The third-order valence-corrected chi connectivity index (χ3v) is 5.86. The van der Waals surface area contributed by atoms with Gasteiger partial charge in [0.2, 0.25) is 0 Å². The highest BCUT2D eigenvalue weighted by Gasteiger charge is 2.20. The molecular formula is C23H37N7O. The number of hydrogen-bond acceptors (Lipinski definition) is 5. The fourth-order valence-electron chi connectivity index (χ4n) is 3.54. The van der Waals surface area contributed by atoms with Crippen LogP contribution in [0.15, 0.2) is 35.3 Å². The zero-order valence-corrected chi connectivity index (χ0v) is 19.4. The van der Waals surface area contributed by atoms with Gasteiger partial charge in [0, 0.05) is 38.6 Å². The van der Waals surface area contributed by atoms with Gasteiger partial charge in [-0.05, 0) is 25.5 Å². The number of nitrogens with zero attached hydrogens (tertiary/aromatic N) is 5. The quantitative estimate of drug-likeness (QED) is 0.361. The Kier molecular flexibility index (Phi) is 8.43. The number of ether oxygens (including phenoxy) is 1. The normalized spacial score (nSPS) is 15.8. The smallest absolute Gasteiger partial charge is 0.191 e. The highest BCUT2D eigenvalue weighted by Crippen LogP contribution is 2.21. The molecule has 1 aliphatic heterocycles. The van der Waals surface area contributed by atoms with E-state index in [2.05, 4.69) is 69.9 Å². The lowest BCUT2D eigenvalue weighted by atomic mass is 9.85. The van der Waals surface area contributed by atoms with E-state index in [1.165, 1.54) is 5.56 Å². The van der Waals surface area contributed by atoms with Gasteiger partial charge in [-0.3, -0.25) is 4.90 Å². The van der Waals surface area contributed by atoms with E-state index < -0.39 is 0 Å². The van der Waals surface area contributed by atoms with E-state index in [1.807, 2.05) is 18.5 Å². The number of hydrogen-bond donors (Lipinski definition) is 2. The molecule has 170 valence electrons. The molecule has 1 fully saturated rings. The van der Waals surface area contributed by atoms with Gasteiger partial charge in [0.25, 0.3) is 0 Å². The lowest BCUT2D eigenvalue weighted by molar-refractivity contribution is 0.0376. The summed E-state index contributed by atoms with van der Waals surface area (Å²) >= 11 is 0. The molecule has 1 aromatic heterocycles. The zero-order chi connectivity index (χ0) is 22.1. The molecule has 0 saturated carbocycles. The Labute approximate surface area is 186 Å². The summed E-state index contributed by atoms with van der Waals surface area (Å²) in [5, 5.41) is 15.4. The molecule has 0 radical (unpaired) electrons. The Bertz CT molecular complexity index is 826. The highest BCUT2D eigenvalue weighted by atomic mass is 16.5. The number of aliphatic imine (C=N–C) groups is 1. The predicted molar refractivity (Wildman–Crippen MR) is 124 cm³/mol. The van der Waals surface area contributed by atoms with Crippen LogP contribution in [0.3, 0.4) is 0 Å². The second kappa shape index (κ2) is 11.2. The van der Waals surface area contributed by atoms with Crippen LogP contribution in [0, 0.1) is 6.92 Å². The van der Waals surface area contributed by atoms with Crippen molar-refractivity contribution in [3.05, 3.63) is 47.5 Å². The number of aryl methyl sites for hydroxylation is 1. The molecule has 1 aromatic carbocycles. The first-order valence-corrected chi connectivity index (χ1v) is 11.2. The van der Waals surface area contributed by atoms with Crippen LogP contribution in [0.4, 0.5) is 0 Å². The third kappa shape index (κ3) is 7.04. The topological polar surface area (TPSA) is 79.6 Å². The molecule has 0 amide bonds. The summed E-state index contributed by atoms with van der Waals surface area (Å²) < 4.78 is 7.41. The van der Waals surface area contributed by atoms with E-state index in [1.54, 1.807) is 0 Å². The molecule has 0 atom stereocenters. The molecule has 8 heteroatoms. The monoisotopic (exact) mass is 427 g/mol. The minimum atomic E-state index is -0.0150. The first-order valence-electron chi connectivity index (χ1n) is 11.2. The van der Waals surface area contributed by atoms with Crippen molar-refractivity contribution in [3.8, 4) is 0 Å². The van der Waals surface area contributed by atoms with Crippen LogP contribution < -0.4 is 10.6 Å². The van der Waals surface area contributed by atoms with Gasteiger partial charge in [-0.1, -0.05) is 44.2 Å². The molecule has 2 aromatic rings. The van der Waals surface area contributed by atoms with E-state index in [-0.39, 0.29) is 5.41 Å². The van der Waals surface area contributed by atoms with Crippen molar-refractivity contribution >= 4 is 5.96 Å². The van der Waals surface area contributed by atoms with Crippen LogP contribution in [0.5, 0.6) is 0 Å². The maximum atomic E-state index is 5.43. The van der Waals surface area contributed by atoms with Crippen LogP contribution >= 0.6 is 0 Å². The molecular weight excluding hydrogens is 390 g/mol. The minimum absolute atomic E-state index is 0.0150. The molecule has 2 N–H and O–H groups in total. The molecule has 0 bridgehead atoms. The van der Waals surface area contributed by atoms with Gasteiger partial charge in [-0.2, -0.15) is 0 Å². The van der Waals surface area contributed by atoms with Crippen LogP contribution in [-0.2, 0) is 23.7 Å². The number of rotatable bonds is 9. The molecule has 0 spiro atoms. The van der Waals surface area contributed by atoms with Gasteiger partial charge < -0.3 is 19.9 Å². The van der Waals surface area contributed by atoms with Crippen LogP contribution in [0.25, 0.3) is 0 Å². The molecule has 1 aliphatic rings. The fourth-order valence-corrected chi connectivity index (χ4v) is 3.54. The van der Waals surface area contributed by atoms with Gasteiger partial charge in [-0.15, -0.1) is 10.2 Å². The molecule has 8 nitrogen and oxygen atoms in total. The Morgan fingerprint density at radius 2 is 1.87 bits per heavy atom. The lowest BCUT2D eigenvalue weighted by Crippen LogP contribution is -2.44. The number of aromatic nitrogens is 3. The van der Waals surface area contributed by atoms with Gasteiger partial charge in [0.05, 0.1) is 13.2 Å². The first-order chi connectivity index (χ1) is 15.0. The van der Waals surface area contributed by atoms with Gasteiger partial charge >= 0.3 is 0 Å². The molecule has 0 aliphatic carbocycles. The fraction of sp³-hybridized carbons (Fsp3) is 0.609. The van der Waals surface area contributed by atoms with Crippen molar-refractivity contribution in [2.75, 3.05) is 45.9 Å². The van der Waals surface area contributed by atoms with Crippen molar-refractivity contribution in [1.29, 1.82) is 0 Å². The van der Waals surface area contributed by atoms with Gasteiger partial charge in [0.1, 0.15) is 12.4 Å². The Morgan fingerprint density at radius 1 is 1.13 bits per heavy atom. The second-order valence-electron chi connectivity index (χ2n) is 8.73. The third-order valence-electron chi connectivity index (χ3n) is 5.86. The molecule has 1 saturated heterocycles. The second-order valence-corrected chi connectivity index (χ2v) is 8.73. The van der Waals surface area contributed by atoms with Crippen molar-refractivity contribution in [2.45, 2.75) is 39.2 Å². The summed E-state index contributed by atoms with van der Waals surface area (Å²) in [5.41, 5.74) is 1.29. The van der Waals surface area contributed by atoms with Gasteiger partial charge in [-0.25, -0.2) is 4.99 Å². The molecule has 3 rings (SSSR count). The average molecular weight is 428 g/mol. The largest absolute Gasteiger partial charge is 0.379 e. The predicted octanol–water partition coefficient (Wildman–Crippen LogP) is 1.86. The summed E-state index contributed by atoms with van der Waals surface area (Å²) in [5.74, 6) is 2.56. The Balaban J connectivity index is 1.57. The summed E-state index contributed by atoms with van der Waals surface area (Å²) in [6.07, 6.45) is 1.06. The van der Waals surface area contributed by atoms with Crippen molar-refractivity contribution in [2.24, 2.45) is 12.0 Å². The van der Waals surface area contributed by atoms with Crippen molar-refractivity contribution in [3.63, 3.8) is 0 Å². The Hall–Kier alpha value is -2.45. The number of benzene rings is 1. The van der Waals surface area contributed by atoms with Crippen LogP contribution in [-0.4, -0.2) is 71.6 Å². The van der Waals surface area contributed by atoms with Crippen LogP contribution in [0.1, 0.15) is 37.5 Å². The Morgan fingerprint density at radius 3 is 2.55 bits per heavy atom. The van der Waals surface area contributed by atoms with E-state index in [0.717, 1.165) is 70.0 Å². The maximum Gasteiger partial charge on any atom is 0.191 e. The SMILES string of the molecule is Cc1nnc(CN=C(NCCCN2CCOCC2)NCC(C)(C)c2ccccc2)n1C. The molecule has 31 heavy (non-hydrogen) atoms. The first kappa shape index (κ1) is 23.2. The van der Waals surface area contributed by atoms with E-state index in [4.69, 9.17) is 9.73 Å². The van der Waals surface area contributed by atoms with Crippen molar-refractivity contribution < 1.29 is 4.74 Å². The zero-order valence-electron chi connectivity index (χ0n) is 19.4. The molecule has 0 unspecified atom stereocenters. The maximum absolute atomic E-state index is 5.43. The number of guanidine groups is 1.